The number of esters is 1. The van der Waals surface area contributed by atoms with Gasteiger partial charge in [0.2, 0.25) is 0 Å². The first-order valence-corrected chi connectivity index (χ1v) is 11.6. The monoisotopic (exact) mass is 478 g/mol. The summed E-state index contributed by atoms with van der Waals surface area (Å²) >= 11 is 0. The average Bonchev–Trinajstić information content (AvgIpc) is 3.34. The lowest BCUT2D eigenvalue weighted by atomic mass is 9.94. The van der Waals surface area contributed by atoms with E-state index in [0.717, 1.165) is 17.9 Å². The number of amides is 1. The predicted octanol–water partition coefficient (Wildman–Crippen LogP) is 3.17. The molecular formula is C27H30N2O6. The van der Waals surface area contributed by atoms with Crippen LogP contribution in [-0.4, -0.2) is 73.0 Å². The Morgan fingerprint density at radius 3 is 2.49 bits per heavy atom. The third-order valence-electron chi connectivity index (χ3n) is 6.36. The van der Waals surface area contributed by atoms with Gasteiger partial charge in [0.05, 0.1) is 24.3 Å². The number of methoxy groups -OCH3 is 1. The molecule has 2 aliphatic rings. The van der Waals surface area contributed by atoms with Crippen LogP contribution in [0.5, 0.6) is 5.75 Å². The molecule has 0 spiro atoms. The molecule has 1 saturated heterocycles. The van der Waals surface area contributed by atoms with Gasteiger partial charge >= 0.3 is 5.97 Å². The molecule has 2 heterocycles. The number of fused-ring (bicyclic) bond motifs is 1. The number of rotatable bonds is 7. The summed E-state index contributed by atoms with van der Waals surface area (Å²) in [5.74, 6) is -1.31. The number of hydrogen-bond donors (Lipinski definition) is 1. The van der Waals surface area contributed by atoms with Crippen LogP contribution in [0.4, 0.5) is 0 Å². The van der Waals surface area contributed by atoms with Gasteiger partial charge in [-0.2, -0.15) is 0 Å². The van der Waals surface area contributed by atoms with Crippen molar-refractivity contribution in [1.29, 1.82) is 0 Å². The van der Waals surface area contributed by atoms with Gasteiger partial charge in [0.25, 0.3) is 11.7 Å². The van der Waals surface area contributed by atoms with E-state index < -0.39 is 23.7 Å². The van der Waals surface area contributed by atoms with Crippen molar-refractivity contribution in [1.82, 2.24) is 9.80 Å². The molecule has 0 aromatic heterocycles. The summed E-state index contributed by atoms with van der Waals surface area (Å²) in [6.07, 6.45) is 1.40. The lowest BCUT2D eigenvalue weighted by Gasteiger charge is -2.26. The average molecular weight is 479 g/mol. The van der Waals surface area contributed by atoms with Crippen molar-refractivity contribution in [2.24, 2.45) is 0 Å². The second-order valence-corrected chi connectivity index (χ2v) is 9.22. The Morgan fingerprint density at radius 1 is 1.14 bits per heavy atom. The molecule has 0 aliphatic carbocycles. The summed E-state index contributed by atoms with van der Waals surface area (Å²) < 4.78 is 10.5. The number of carbonyl (C=O) groups is 3. The molecule has 2 aromatic carbocycles. The molecule has 4 rings (SSSR count). The Labute approximate surface area is 204 Å². The molecule has 1 N–H and O–H groups in total. The molecule has 1 amide bonds. The quantitative estimate of drug-likeness (QED) is 0.283. The standard InChI is InChI=1S/C27H30N2O6/c1-16-14-20-15-19(10-11-21(20)35-16)24(30)22-23(17-6-8-18(9-7-17)27(33)34-4)29(26(32)25(22)31)13-5-12-28(2)3/h6-11,15-16,23,30H,5,12-14H2,1-4H3/b24-22+/t16-,23+/m0/s1. The maximum atomic E-state index is 13.2. The van der Waals surface area contributed by atoms with E-state index in [2.05, 4.69) is 0 Å². The molecule has 2 aliphatic heterocycles. The minimum atomic E-state index is -0.771. The number of likely N-dealkylation sites (tertiary alicyclic amines) is 1. The highest BCUT2D eigenvalue weighted by atomic mass is 16.5. The zero-order chi connectivity index (χ0) is 25.3. The number of ketones is 1. The Bertz CT molecular complexity index is 1180. The van der Waals surface area contributed by atoms with Gasteiger partial charge < -0.3 is 24.4 Å². The molecule has 2 aromatic rings. The molecule has 8 nitrogen and oxygen atoms in total. The third kappa shape index (κ3) is 4.79. The number of aliphatic hydroxyl groups is 1. The van der Waals surface area contributed by atoms with Gasteiger partial charge in [-0.3, -0.25) is 9.59 Å². The van der Waals surface area contributed by atoms with Crippen molar-refractivity contribution in [3.05, 3.63) is 70.3 Å². The third-order valence-corrected chi connectivity index (χ3v) is 6.36. The van der Waals surface area contributed by atoms with E-state index in [9.17, 15) is 19.5 Å². The van der Waals surface area contributed by atoms with E-state index in [1.807, 2.05) is 32.0 Å². The first-order valence-electron chi connectivity index (χ1n) is 11.6. The van der Waals surface area contributed by atoms with Crippen LogP contribution in [0, 0.1) is 0 Å². The molecule has 0 unspecified atom stereocenters. The molecule has 35 heavy (non-hydrogen) atoms. The second-order valence-electron chi connectivity index (χ2n) is 9.22. The van der Waals surface area contributed by atoms with E-state index in [0.29, 0.717) is 36.1 Å². The first kappa shape index (κ1) is 24.5. The highest BCUT2D eigenvalue weighted by molar-refractivity contribution is 6.46. The van der Waals surface area contributed by atoms with Crippen LogP contribution < -0.4 is 4.74 Å². The van der Waals surface area contributed by atoms with Gasteiger partial charge in [0, 0.05) is 18.5 Å². The van der Waals surface area contributed by atoms with E-state index in [4.69, 9.17) is 9.47 Å². The number of aliphatic hydroxyl groups excluding tert-OH is 1. The minimum absolute atomic E-state index is 0.0394. The van der Waals surface area contributed by atoms with Crippen LogP contribution >= 0.6 is 0 Å². The molecule has 0 bridgehead atoms. The fraction of sp³-hybridized carbons (Fsp3) is 0.370. The maximum Gasteiger partial charge on any atom is 0.337 e. The van der Waals surface area contributed by atoms with Crippen LogP contribution in [0.3, 0.4) is 0 Å². The van der Waals surface area contributed by atoms with Gasteiger partial charge in [-0.05, 0) is 75.4 Å². The molecule has 0 saturated carbocycles. The highest BCUT2D eigenvalue weighted by Crippen LogP contribution is 2.40. The maximum absolute atomic E-state index is 13.2. The van der Waals surface area contributed by atoms with Crippen LogP contribution in [0.1, 0.15) is 46.4 Å². The minimum Gasteiger partial charge on any atom is -0.507 e. The molecule has 184 valence electrons. The van der Waals surface area contributed by atoms with Gasteiger partial charge in [-0.15, -0.1) is 0 Å². The van der Waals surface area contributed by atoms with Gasteiger partial charge in [0.15, 0.2) is 0 Å². The molecule has 2 atom stereocenters. The van der Waals surface area contributed by atoms with Crippen LogP contribution in [0.15, 0.2) is 48.0 Å². The van der Waals surface area contributed by atoms with Crippen molar-refractivity contribution in [3.8, 4) is 5.75 Å². The van der Waals surface area contributed by atoms with Crippen molar-refractivity contribution < 1.29 is 29.0 Å². The normalized spacial score (nSPS) is 20.8. The Balaban J connectivity index is 1.77. The van der Waals surface area contributed by atoms with Crippen molar-refractivity contribution in [3.63, 3.8) is 0 Å². The molecule has 0 radical (unpaired) electrons. The number of benzene rings is 2. The number of nitrogens with zero attached hydrogens (tertiary/aromatic N) is 2. The van der Waals surface area contributed by atoms with E-state index in [-0.39, 0.29) is 17.4 Å². The van der Waals surface area contributed by atoms with Crippen molar-refractivity contribution >= 4 is 23.4 Å². The van der Waals surface area contributed by atoms with Gasteiger partial charge in [0.1, 0.15) is 17.6 Å². The molecule has 1 fully saturated rings. The summed E-state index contributed by atoms with van der Waals surface area (Å²) in [5, 5.41) is 11.3. The highest BCUT2D eigenvalue weighted by Gasteiger charge is 2.46. The van der Waals surface area contributed by atoms with Gasteiger partial charge in [-0.1, -0.05) is 12.1 Å². The first-order chi connectivity index (χ1) is 16.7. The Hall–Kier alpha value is -3.65. The second kappa shape index (κ2) is 9.92. The van der Waals surface area contributed by atoms with Crippen molar-refractivity contribution in [2.75, 3.05) is 34.3 Å². The zero-order valence-corrected chi connectivity index (χ0v) is 20.4. The molecule has 8 heteroatoms. The fourth-order valence-electron chi connectivity index (χ4n) is 4.66. The van der Waals surface area contributed by atoms with Crippen LogP contribution in [-0.2, 0) is 20.7 Å². The molecular weight excluding hydrogens is 448 g/mol. The number of ether oxygens (including phenoxy) is 2. The lowest BCUT2D eigenvalue weighted by Crippen LogP contribution is -2.32. The topological polar surface area (TPSA) is 96.4 Å². The van der Waals surface area contributed by atoms with Crippen LogP contribution in [0.2, 0.25) is 0 Å². The summed E-state index contributed by atoms with van der Waals surface area (Å²) in [6.45, 7) is 3.05. The SMILES string of the molecule is COC(=O)c1ccc([C@@H]2/C(=C(\O)c3ccc4c(c3)C[C@H](C)O4)C(=O)C(=O)N2CCCN(C)C)cc1. The van der Waals surface area contributed by atoms with Crippen LogP contribution in [0.25, 0.3) is 5.76 Å². The predicted molar refractivity (Wildman–Crippen MR) is 130 cm³/mol. The van der Waals surface area contributed by atoms with Gasteiger partial charge in [-0.25, -0.2) is 4.79 Å². The summed E-state index contributed by atoms with van der Waals surface area (Å²) in [6, 6.07) is 11.1. The largest absolute Gasteiger partial charge is 0.507 e. The smallest absolute Gasteiger partial charge is 0.337 e. The summed E-state index contributed by atoms with van der Waals surface area (Å²) in [4.78, 5) is 41.7. The number of carbonyl (C=O) groups excluding carboxylic acids is 3. The summed E-state index contributed by atoms with van der Waals surface area (Å²) in [5.41, 5.74) is 2.43. The summed E-state index contributed by atoms with van der Waals surface area (Å²) in [7, 11) is 5.18. The van der Waals surface area contributed by atoms with Crippen molar-refractivity contribution in [2.45, 2.75) is 31.9 Å². The van der Waals surface area contributed by atoms with E-state index in [1.54, 1.807) is 36.4 Å². The number of hydrogen-bond acceptors (Lipinski definition) is 7. The number of Topliss-reactive ketones (excluding diaryl/α,β-unsaturated/α-hetero) is 1. The zero-order valence-electron chi connectivity index (χ0n) is 20.4. The Kier molecular flexibility index (Phi) is 6.93. The Morgan fingerprint density at radius 2 is 1.83 bits per heavy atom. The van der Waals surface area contributed by atoms with E-state index in [1.165, 1.54) is 12.0 Å². The fourth-order valence-corrected chi connectivity index (χ4v) is 4.66. The lowest BCUT2D eigenvalue weighted by molar-refractivity contribution is -0.139. The van der Waals surface area contributed by atoms with E-state index >= 15 is 0 Å².